The fourth-order valence-electron chi connectivity index (χ4n) is 4.60. The van der Waals surface area contributed by atoms with Crippen molar-refractivity contribution in [1.82, 2.24) is 20.0 Å². The van der Waals surface area contributed by atoms with Crippen LogP contribution >= 0.6 is 0 Å². The van der Waals surface area contributed by atoms with Gasteiger partial charge in [-0.1, -0.05) is 6.08 Å². The lowest BCUT2D eigenvalue weighted by molar-refractivity contribution is -0.131. The molecule has 1 aromatic heterocycles. The Hall–Kier alpha value is -4.60. The molecule has 0 aliphatic carbocycles. The molecule has 10 nitrogen and oxygen atoms in total. The van der Waals surface area contributed by atoms with E-state index < -0.39 is 0 Å². The number of hydrogen-bond acceptors (Lipinski definition) is 8. The predicted molar refractivity (Wildman–Crippen MR) is 153 cm³/mol. The number of benzene rings is 2. The van der Waals surface area contributed by atoms with Crippen molar-refractivity contribution in [1.29, 1.82) is 0 Å². The highest BCUT2D eigenvalue weighted by Gasteiger charge is 2.24. The second-order valence-electron chi connectivity index (χ2n) is 9.27. The summed E-state index contributed by atoms with van der Waals surface area (Å²) in [6.07, 6.45) is 2.40. The molecule has 4 rings (SSSR count). The first-order chi connectivity index (χ1) is 19.5. The lowest BCUT2D eigenvalue weighted by atomic mass is 10.1. The van der Waals surface area contributed by atoms with Crippen molar-refractivity contribution < 1.29 is 23.8 Å². The topological polar surface area (TPSA) is 97.3 Å². The Kier molecular flexibility index (Phi) is 9.56. The summed E-state index contributed by atoms with van der Waals surface area (Å²) >= 11 is 0. The number of amides is 2. The Morgan fingerprint density at radius 1 is 0.900 bits per heavy atom. The van der Waals surface area contributed by atoms with Crippen LogP contribution in [-0.2, 0) is 4.79 Å². The van der Waals surface area contributed by atoms with Crippen LogP contribution in [0.5, 0.6) is 17.2 Å². The van der Waals surface area contributed by atoms with Gasteiger partial charge in [-0.2, -0.15) is 0 Å². The molecule has 2 aromatic carbocycles. The van der Waals surface area contributed by atoms with Crippen LogP contribution in [-0.4, -0.2) is 92.4 Å². The van der Waals surface area contributed by atoms with Crippen LogP contribution in [0.4, 0.5) is 5.82 Å². The van der Waals surface area contributed by atoms with Crippen molar-refractivity contribution >= 4 is 17.6 Å². The molecular weight excluding hydrogens is 510 g/mol. The van der Waals surface area contributed by atoms with Gasteiger partial charge in [0.1, 0.15) is 23.8 Å². The first-order valence-electron chi connectivity index (χ1n) is 13.1. The maximum atomic E-state index is 13.2. The third-order valence-electron chi connectivity index (χ3n) is 6.81. The van der Waals surface area contributed by atoms with Crippen molar-refractivity contribution in [3.8, 4) is 28.5 Å². The lowest BCUT2D eigenvalue weighted by Crippen LogP contribution is -2.44. The number of nitrogens with zero attached hydrogens (tertiary/aromatic N) is 5. The summed E-state index contributed by atoms with van der Waals surface area (Å²) in [5.74, 6) is 2.44. The summed E-state index contributed by atoms with van der Waals surface area (Å²) in [6.45, 7) is 6.48. The molecule has 1 aliphatic rings. The molecule has 0 radical (unpaired) electrons. The predicted octanol–water partition coefficient (Wildman–Crippen LogP) is 3.54. The van der Waals surface area contributed by atoms with E-state index in [4.69, 9.17) is 14.2 Å². The summed E-state index contributed by atoms with van der Waals surface area (Å²) in [6, 6.07) is 16.3. The quantitative estimate of drug-likeness (QED) is 0.357. The van der Waals surface area contributed by atoms with Crippen molar-refractivity contribution in [3.05, 3.63) is 72.8 Å². The summed E-state index contributed by atoms with van der Waals surface area (Å²) in [5.41, 5.74) is 2.01. The summed E-state index contributed by atoms with van der Waals surface area (Å²) in [5, 5.41) is 8.90. The van der Waals surface area contributed by atoms with E-state index in [9.17, 15) is 9.59 Å². The van der Waals surface area contributed by atoms with E-state index in [1.807, 2.05) is 30.3 Å². The van der Waals surface area contributed by atoms with E-state index in [-0.39, 0.29) is 24.9 Å². The summed E-state index contributed by atoms with van der Waals surface area (Å²) in [4.78, 5) is 31.8. The second-order valence-corrected chi connectivity index (χ2v) is 9.27. The van der Waals surface area contributed by atoms with Crippen LogP contribution < -0.4 is 19.1 Å². The maximum absolute atomic E-state index is 13.2. The van der Waals surface area contributed by atoms with Gasteiger partial charge in [0.25, 0.3) is 5.91 Å². The van der Waals surface area contributed by atoms with Gasteiger partial charge in [-0.25, -0.2) is 0 Å². The molecule has 2 amide bonds. The minimum absolute atomic E-state index is 0.0188. The SMILES string of the molecule is C=CCN(CC(=O)N1CCCN(c2ccc(-c3ccc(OC)cc3OC)nn2)CC1)C(=O)c1ccc(OC)cc1. The highest BCUT2D eigenvalue weighted by molar-refractivity contribution is 5.96. The van der Waals surface area contributed by atoms with Crippen molar-refractivity contribution in [2.75, 3.05) is 65.5 Å². The van der Waals surface area contributed by atoms with Gasteiger partial charge in [0.2, 0.25) is 5.91 Å². The lowest BCUT2D eigenvalue weighted by Gasteiger charge is -2.26. The molecule has 1 aliphatic heterocycles. The van der Waals surface area contributed by atoms with E-state index in [0.717, 1.165) is 24.3 Å². The number of ether oxygens (including phenoxy) is 3. The molecule has 10 heteroatoms. The molecule has 210 valence electrons. The number of hydrogen-bond donors (Lipinski definition) is 0. The number of rotatable bonds is 10. The van der Waals surface area contributed by atoms with Crippen LogP contribution in [0.15, 0.2) is 67.3 Å². The van der Waals surface area contributed by atoms with Crippen LogP contribution in [0, 0.1) is 0 Å². The monoisotopic (exact) mass is 545 g/mol. The van der Waals surface area contributed by atoms with Gasteiger partial charge in [0, 0.05) is 49.9 Å². The number of carbonyl (C=O) groups is 2. The van der Waals surface area contributed by atoms with Crippen LogP contribution in [0.1, 0.15) is 16.8 Å². The van der Waals surface area contributed by atoms with E-state index in [1.165, 1.54) is 4.90 Å². The first kappa shape index (κ1) is 28.4. The van der Waals surface area contributed by atoms with Gasteiger partial charge in [0.05, 0.1) is 27.0 Å². The molecule has 0 atom stereocenters. The van der Waals surface area contributed by atoms with Gasteiger partial charge in [-0.05, 0) is 55.0 Å². The van der Waals surface area contributed by atoms with E-state index in [0.29, 0.717) is 48.1 Å². The Balaban J connectivity index is 1.38. The fraction of sp³-hybridized carbons (Fsp3) is 0.333. The van der Waals surface area contributed by atoms with Gasteiger partial charge in [-0.15, -0.1) is 16.8 Å². The van der Waals surface area contributed by atoms with Gasteiger partial charge in [0.15, 0.2) is 5.82 Å². The number of anilines is 1. The Morgan fingerprint density at radius 2 is 1.65 bits per heavy atom. The van der Waals surface area contributed by atoms with Crippen LogP contribution in [0.2, 0.25) is 0 Å². The van der Waals surface area contributed by atoms with Crippen LogP contribution in [0.3, 0.4) is 0 Å². The summed E-state index contributed by atoms with van der Waals surface area (Å²) in [7, 11) is 4.79. The first-order valence-corrected chi connectivity index (χ1v) is 13.1. The third kappa shape index (κ3) is 6.69. The Bertz CT molecular complexity index is 1310. The largest absolute Gasteiger partial charge is 0.497 e. The third-order valence-corrected chi connectivity index (χ3v) is 6.81. The van der Waals surface area contributed by atoms with Crippen molar-refractivity contribution in [2.24, 2.45) is 0 Å². The molecule has 0 saturated carbocycles. The highest BCUT2D eigenvalue weighted by Crippen LogP contribution is 2.32. The molecule has 2 heterocycles. The zero-order valence-corrected chi connectivity index (χ0v) is 23.2. The molecule has 40 heavy (non-hydrogen) atoms. The van der Waals surface area contributed by atoms with Gasteiger partial charge >= 0.3 is 0 Å². The smallest absolute Gasteiger partial charge is 0.254 e. The van der Waals surface area contributed by atoms with Gasteiger partial charge < -0.3 is 28.9 Å². The maximum Gasteiger partial charge on any atom is 0.254 e. The zero-order chi connectivity index (χ0) is 28.5. The van der Waals surface area contributed by atoms with Crippen LogP contribution in [0.25, 0.3) is 11.3 Å². The minimum atomic E-state index is -0.226. The molecular formula is C30H35N5O5. The van der Waals surface area contributed by atoms with E-state index in [2.05, 4.69) is 21.7 Å². The Labute approximate surface area is 234 Å². The van der Waals surface area contributed by atoms with Crippen molar-refractivity contribution in [3.63, 3.8) is 0 Å². The molecule has 0 unspecified atom stereocenters. The van der Waals surface area contributed by atoms with E-state index in [1.54, 1.807) is 56.6 Å². The average Bonchev–Trinajstić information content (AvgIpc) is 3.27. The molecule has 3 aromatic rings. The average molecular weight is 546 g/mol. The van der Waals surface area contributed by atoms with Crippen molar-refractivity contribution in [2.45, 2.75) is 6.42 Å². The molecule has 1 fully saturated rings. The number of methoxy groups -OCH3 is 3. The Morgan fingerprint density at radius 3 is 2.30 bits per heavy atom. The summed E-state index contributed by atoms with van der Waals surface area (Å²) < 4.78 is 16.0. The normalized spacial score (nSPS) is 13.3. The minimum Gasteiger partial charge on any atom is -0.497 e. The standard InChI is InChI=1S/C30H35N5O5/c1-5-15-35(30(37)22-7-9-23(38-2)10-8-22)21-29(36)34-17-6-16-33(18-19-34)28-14-13-26(31-32-28)25-12-11-24(39-3)20-27(25)40-4/h5,7-14,20H,1,6,15-19,21H2,2-4H3. The van der Waals surface area contributed by atoms with E-state index >= 15 is 0 Å². The molecule has 0 bridgehead atoms. The highest BCUT2D eigenvalue weighted by atomic mass is 16.5. The number of aromatic nitrogens is 2. The second kappa shape index (κ2) is 13.5. The molecule has 1 saturated heterocycles. The van der Waals surface area contributed by atoms with Gasteiger partial charge in [-0.3, -0.25) is 9.59 Å². The number of carbonyl (C=O) groups excluding carboxylic acids is 2. The molecule has 0 spiro atoms. The zero-order valence-electron chi connectivity index (χ0n) is 23.2. The fourth-order valence-corrected chi connectivity index (χ4v) is 4.60. The molecule has 0 N–H and O–H groups in total.